The molecule has 0 amide bonds. The Kier molecular flexibility index (Phi) is 5.89. The van der Waals surface area contributed by atoms with Gasteiger partial charge in [0.2, 0.25) is 0 Å². The van der Waals surface area contributed by atoms with Crippen LogP contribution in [0.4, 0.5) is 0 Å². The van der Waals surface area contributed by atoms with E-state index in [4.69, 9.17) is 9.40 Å². The fourth-order valence-corrected chi connectivity index (χ4v) is 5.23. The molecule has 2 atom stereocenters. The quantitative estimate of drug-likeness (QED) is 0.271. The van der Waals surface area contributed by atoms with Crippen LogP contribution in [0, 0.1) is 22.7 Å². The SMILES string of the molecule is N#Cc1cc(C2=CC=CC(c3ccc4c(c3)oc3cc(-c5cccc(C6=CC(C#N)NC=C6)n5)ccc34)N2)ccn1. The van der Waals surface area contributed by atoms with Crippen molar-refractivity contribution in [1.29, 1.82) is 10.5 Å². The van der Waals surface area contributed by atoms with Gasteiger partial charge >= 0.3 is 0 Å². The van der Waals surface area contributed by atoms with Crippen molar-refractivity contribution < 1.29 is 4.42 Å². The fourth-order valence-electron chi connectivity index (χ4n) is 5.23. The van der Waals surface area contributed by atoms with E-state index in [9.17, 15) is 10.5 Å². The summed E-state index contributed by atoms with van der Waals surface area (Å²) >= 11 is 0. The van der Waals surface area contributed by atoms with Crippen LogP contribution < -0.4 is 10.6 Å². The third-order valence-corrected chi connectivity index (χ3v) is 7.28. The van der Waals surface area contributed by atoms with Crippen LogP contribution in [-0.4, -0.2) is 16.0 Å². The van der Waals surface area contributed by atoms with Crippen LogP contribution in [-0.2, 0) is 0 Å². The van der Waals surface area contributed by atoms with Crippen molar-refractivity contribution in [2.45, 2.75) is 12.1 Å². The molecule has 0 saturated carbocycles. The number of hydrogen-bond acceptors (Lipinski definition) is 7. The maximum atomic E-state index is 9.27. The van der Waals surface area contributed by atoms with E-state index in [1.165, 1.54) is 0 Å². The number of hydrogen-bond donors (Lipinski definition) is 2. The van der Waals surface area contributed by atoms with Gasteiger partial charge in [-0.2, -0.15) is 10.5 Å². The first-order valence-corrected chi connectivity index (χ1v) is 13.2. The van der Waals surface area contributed by atoms with Gasteiger partial charge < -0.3 is 15.1 Å². The molecule has 7 heteroatoms. The topological polar surface area (TPSA) is 111 Å². The van der Waals surface area contributed by atoms with E-state index in [0.29, 0.717) is 5.69 Å². The van der Waals surface area contributed by atoms with Crippen LogP contribution in [0.2, 0.25) is 0 Å². The average Bonchev–Trinajstić information content (AvgIpc) is 3.42. The smallest absolute Gasteiger partial charge is 0.141 e. The molecule has 2 unspecified atom stereocenters. The first-order chi connectivity index (χ1) is 20.2. The third-order valence-electron chi connectivity index (χ3n) is 7.28. The molecule has 0 aliphatic carbocycles. The Morgan fingerprint density at radius 3 is 2.61 bits per heavy atom. The Balaban J connectivity index is 1.19. The molecular weight excluding hydrogens is 508 g/mol. The molecule has 2 aliphatic rings. The first-order valence-electron chi connectivity index (χ1n) is 13.2. The second-order valence-electron chi connectivity index (χ2n) is 9.83. The maximum absolute atomic E-state index is 9.27. The van der Waals surface area contributed by atoms with Crippen molar-refractivity contribution in [3.8, 4) is 23.4 Å². The third kappa shape index (κ3) is 4.52. The second kappa shape index (κ2) is 10.00. The number of furan rings is 1. The van der Waals surface area contributed by atoms with Gasteiger partial charge in [-0.1, -0.05) is 36.4 Å². The summed E-state index contributed by atoms with van der Waals surface area (Å²) in [6.45, 7) is 0. The second-order valence-corrected chi connectivity index (χ2v) is 9.83. The summed E-state index contributed by atoms with van der Waals surface area (Å²) < 4.78 is 6.36. The molecule has 194 valence electrons. The molecular formula is C34H22N6O. The number of benzene rings is 2. The summed E-state index contributed by atoms with van der Waals surface area (Å²) in [5, 5.41) is 27.2. The van der Waals surface area contributed by atoms with Crippen molar-refractivity contribution in [1.82, 2.24) is 20.6 Å². The normalized spacial score (nSPS) is 17.7. The van der Waals surface area contributed by atoms with E-state index >= 15 is 0 Å². The van der Waals surface area contributed by atoms with E-state index in [1.54, 1.807) is 18.5 Å². The molecule has 0 spiro atoms. The largest absolute Gasteiger partial charge is 0.456 e. The van der Waals surface area contributed by atoms with Gasteiger partial charge in [0.05, 0.1) is 23.5 Å². The van der Waals surface area contributed by atoms with E-state index in [-0.39, 0.29) is 12.1 Å². The fraction of sp³-hybridized carbons (Fsp3) is 0.0588. The predicted molar refractivity (Wildman–Crippen MR) is 159 cm³/mol. The lowest BCUT2D eigenvalue weighted by Crippen LogP contribution is -2.22. The van der Waals surface area contributed by atoms with Crippen molar-refractivity contribution in [3.05, 3.63) is 132 Å². The van der Waals surface area contributed by atoms with Gasteiger partial charge in [-0.05, 0) is 72.5 Å². The molecule has 3 aromatic heterocycles. The van der Waals surface area contributed by atoms with E-state index in [2.05, 4.69) is 64.2 Å². The van der Waals surface area contributed by atoms with Crippen molar-refractivity contribution in [3.63, 3.8) is 0 Å². The van der Waals surface area contributed by atoms with Gasteiger partial charge in [-0.25, -0.2) is 9.97 Å². The minimum absolute atomic E-state index is 0.0483. The highest BCUT2D eigenvalue weighted by molar-refractivity contribution is 6.06. The van der Waals surface area contributed by atoms with Crippen LogP contribution in [0.3, 0.4) is 0 Å². The van der Waals surface area contributed by atoms with E-state index < -0.39 is 0 Å². The van der Waals surface area contributed by atoms with Crippen molar-refractivity contribution in [2.75, 3.05) is 0 Å². The number of nitrogens with one attached hydrogen (secondary N) is 2. The minimum Gasteiger partial charge on any atom is -0.456 e. The lowest BCUT2D eigenvalue weighted by atomic mass is 9.99. The van der Waals surface area contributed by atoms with Crippen molar-refractivity contribution >= 4 is 33.2 Å². The molecule has 5 heterocycles. The Morgan fingerprint density at radius 2 is 1.73 bits per heavy atom. The molecule has 2 aromatic carbocycles. The highest BCUT2D eigenvalue weighted by atomic mass is 16.3. The summed E-state index contributed by atoms with van der Waals surface area (Å²) in [4.78, 5) is 8.95. The van der Waals surface area contributed by atoms with Crippen LogP contribution in [0.25, 0.3) is 44.5 Å². The zero-order valence-electron chi connectivity index (χ0n) is 21.7. The maximum Gasteiger partial charge on any atom is 0.141 e. The van der Waals surface area contributed by atoms with Gasteiger partial charge in [-0.15, -0.1) is 0 Å². The van der Waals surface area contributed by atoms with Crippen molar-refractivity contribution in [2.24, 2.45) is 0 Å². The molecule has 5 aromatic rings. The molecule has 7 nitrogen and oxygen atoms in total. The monoisotopic (exact) mass is 530 g/mol. The predicted octanol–water partition coefficient (Wildman–Crippen LogP) is 6.55. The van der Waals surface area contributed by atoms with Crippen LogP contribution in [0.1, 0.15) is 28.6 Å². The number of pyridine rings is 2. The number of aromatic nitrogens is 2. The molecule has 2 N–H and O–H groups in total. The first kappa shape index (κ1) is 24.1. The Morgan fingerprint density at radius 1 is 0.878 bits per heavy atom. The highest BCUT2D eigenvalue weighted by Gasteiger charge is 2.17. The van der Waals surface area contributed by atoms with Gasteiger partial charge in [0.15, 0.2) is 0 Å². The molecule has 0 radical (unpaired) electrons. The Bertz CT molecular complexity index is 2050. The Labute approximate surface area is 236 Å². The number of dihydropyridines is 2. The van der Waals surface area contributed by atoms with Crippen LogP contribution >= 0.6 is 0 Å². The molecule has 0 saturated heterocycles. The number of nitrogens with zero attached hydrogens (tertiary/aromatic N) is 4. The van der Waals surface area contributed by atoms with Gasteiger partial charge in [0, 0.05) is 39.4 Å². The molecule has 41 heavy (non-hydrogen) atoms. The highest BCUT2D eigenvalue weighted by Crippen LogP contribution is 2.34. The minimum atomic E-state index is -0.369. The van der Waals surface area contributed by atoms with E-state index in [1.807, 2.05) is 54.6 Å². The lowest BCUT2D eigenvalue weighted by molar-refractivity contribution is 0.666. The average molecular weight is 531 g/mol. The lowest BCUT2D eigenvalue weighted by Gasteiger charge is -2.22. The number of nitriles is 2. The molecule has 0 fully saturated rings. The zero-order valence-corrected chi connectivity index (χ0v) is 21.7. The van der Waals surface area contributed by atoms with Gasteiger partial charge in [-0.3, -0.25) is 0 Å². The Hall–Kier alpha value is -5.92. The summed E-state index contributed by atoms with van der Waals surface area (Å²) in [5.41, 5.74) is 8.41. The number of allylic oxidation sites excluding steroid dienone is 4. The standard InChI is InChI=1S/C34H22N6O/c35-19-25-15-23(11-13-37-25)31-5-1-3-29(39-31)21-7-9-27-28-10-8-22(18-34(28)41-33(27)17-21)30-4-2-6-32(40-30)24-12-14-38-26(16-24)20-36/h1-18,25,30,37,40H. The summed E-state index contributed by atoms with van der Waals surface area (Å²) in [6, 6.07) is 25.9. The number of fused-ring (bicyclic) bond motifs is 3. The molecule has 2 aliphatic heterocycles. The summed E-state index contributed by atoms with van der Waals surface area (Å²) in [6.07, 6.45) is 13.4. The summed E-state index contributed by atoms with van der Waals surface area (Å²) in [7, 11) is 0. The van der Waals surface area contributed by atoms with Gasteiger partial charge in [0.25, 0.3) is 0 Å². The molecule has 7 rings (SSSR count). The van der Waals surface area contributed by atoms with E-state index in [0.717, 1.165) is 61.3 Å². The summed E-state index contributed by atoms with van der Waals surface area (Å²) in [5.74, 6) is 0. The van der Waals surface area contributed by atoms with Gasteiger partial charge in [0.1, 0.15) is 29.0 Å². The van der Waals surface area contributed by atoms with Crippen LogP contribution in [0.5, 0.6) is 0 Å². The number of rotatable bonds is 4. The molecule has 0 bridgehead atoms. The zero-order chi connectivity index (χ0) is 27.8. The van der Waals surface area contributed by atoms with Crippen LogP contribution in [0.15, 0.2) is 114 Å².